The summed E-state index contributed by atoms with van der Waals surface area (Å²) in [6, 6.07) is 8.13. The minimum atomic E-state index is -2.73. The molecule has 0 saturated heterocycles. The Kier molecular flexibility index (Phi) is 5.68. The molecule has 0 aliphatic rings. The monoisotopic (exact) mass is 340 g/mol. The fraction of sp³-hybridized carbons (Fsp3) is 0.235. The molecule has 0 aromatic heterocycles. The summed E-state index contributed by atoms with van der Waals surface area (Å²) >= 11 is 0. The number of ether oxygens (including phenoxy) is 3. The second-order valence-electron chi connectivity index (χ2n) is 4.90. The van der Waals surface area contributed by atoms with Gasteiger partial charge < -0.3 is 14.2 Å². The van der Waals surface area contributed by atoms with Crippen LogP contribution in [0.1, 0.15) is 23.1 Å². The van der Waals surface area contributed by atoms with E-state index in [0.717, 1.165) is 13.2 Å². The summed E-state index contributed by atoms with van der Waals surface area (Å²) < 4.78 is 54.6. The van der Waals surface area contributed by atoms with E-state index in [2.05, 4.69) is 4.74 Å². The fourth-order valence-electron chi connectivity index (χ4n) is 2.03. The van der Waals surface area contributed by atoms with Crippen LogP contribution in [0.15, 0.2) is 36.4 Å². The van der Waals surface area contributed by atoms with Crippen LogP contribution in [0.5, 0.6) is 11.5 Å². The topological polar surface area (TPSA) is 44.8 Å². The van der Waals surface area contributed by atoms with E-state index in [9.17, 15) is 18.0 Å². The average Bonchev–Trinajstić information content (AvgIpc) is 2.55. The first-order valence-electron chi connectivity index (χ1n) is 6.97. The standard InChI is InChI=1S/C17H15F3O4/c1-10-6-7-14(11(8-10)16(19)20)23-9-12-13(18)4-3-5-15(12)24-17(21)22-2/h3-8,16H,9H2,1-2H3. The molecular formula is C17H15F3O4. The molecule has 2 rings (SSSR count). The van der Waals surface area contributed by atoms with Crippen molar-refractivity contribution in [2.75, 3.05) is 7.11 Å². The number of benzene rings is 2. The van der Waals surface area contributed by atoms with E-state index in [0.29, 0.717) is 5.56 Å². The molecule has 2 aromatic carbocycles. The number of aryl methyl sites for hydroxylation is 1. The van der Waals surface area contributed by atoms with Gasteiger partial charge in [-0.15, -0.1) is 0 Å². The van der Waals surface area contributed by atoms with Crippen molar-refractivity contribution in [1.82, 2.24) is 0 Å². The van der Waals surface area contributed by atoms with Crippen LogP contribution in [0.25, 0.3) is 0 Å². The van der Waals surface area contributed by atoms with Gasteiger partial charge in [0, 0.05) is 0 Å². The Labute approximate surface area is 136 Å². The van der Waals surface area contributed by atoms with E-state index in [-0.39, 0.29) is 29.2 Å². The van der Waals surface area contributed by atoms with Gasteiger partial charge in [-0.05, 0) is 31.2 Å². The van der Waals surface area contributed by atoms with Crippen molar-refractivity contribution >= 4 is 6.16 Å². The summed E-state index contributed by atoms with van der Waals surface area (Å²) in [5, 5.41) is 0. The van der Waals surface area contributed by atoms with E-state index < -0.39 is 18.4 Å². The first kappa shape index (κ1) is 17.7. The molecule has 0 amide bonds. The SMILES string of the molecule is COC(=O)Oc1cccc(F)c1COc1ccc(C)cc1C(F)F. The van der Waals surface area contributed by atoms with Gasteiger partial charge in [0.05, 0.1) is 18.2 Å². The third kappa shape index (κ3) is 4.18. The van der Waals surface area contributed by atoms with E-state index >= 15 is 0 Å². The predicted octanol–water partition coefficient (Wildman–Crippen LogP) is 4.80. The number of alkyl halides is 2. The largest absolute Gasteiger partial charge is 0.513 e. The van der Waals surface area contributed by atoms with Crippen molar-refractivity contribution in [2.24, 2.45) is 0 Å². The molecule has 0 aliphatic heterocycles. The fourth-order valence-corrected chi connectivity index (χ4v) is 2.03. The summed E-state index contributed by atoms with van der Waals surface area (Å²) in [4.78, 5) is 11.2. The van der Waals surface area contributed by atoms with Gasteiger partial charge in [0.15, 0.2) is 0 Å². The smallest absolute Gasteiger partial charge is 0.488 e. The van der Waals surface area contributed by atoms with E-state index in [1.54, 1.807) is 13.0 Å². The molecule has 128 valence electrons. The molecule has 2 aromatic rings. The molecule has 4 nitrogen and oxygen atoms in total. The Balaban J connectivity index is 2.25. The summed E-state index contributed by atoms with van der Waals surface area (Å²) in [5.41, 5.74) is 0.281. The van der Waals surface area contributed by atoms with Crippen LogP contribution in [-0.2, 0) is 11.3 Å². The zero-order chi connectivity index (χ0) is 17.7. The van der Waals surface area contributed by atoms with Crippen molar-refractivity contribution in [1.29, 1.82) is 0 Å². The highest BCUT2D eigenvalue weighted by atomic mass is 19.3. The van der Waals surface area contributed by atoms with Gasteiger partial charge in [0.25, 0.3) is 6.43 Å². The van der Waals surface area contributed by atoms with Gasteiger partial charge in [0.1, 0.15) is 23.9 Å². The molecule has 0 fully saturated rings. The van der Waals surface area contributed by atoms with Crippen LogP contribution >= 0.6 is 0 Å². The van der Waals surface area contributed by atoms with Crippen LogP contribution in [0.2, 0.25) is 0 Å². The molecule has 0 N–H and O–H groups in total. The molecule has 0 saturated carbocycles. The molecular weight excluding hydrogens is 325 g/mol. The number of hydrogen-bond acceptors (Lipinski definition) is 4. The lowest BCUT2D eigenvalue weighted by Gasteiger charge is -2.14. The molecule has 0 atom stereocenters. The lowest BCUT2D eigenvalue weighted by atomic mass is 10.1. The Hall–Kier alpha value is -2.70. The van der Waals surface area contributed by atoms with Crippen molar-refractivity contribution < 1.29 is 32.2 Å². The Morgan fingerprint density at radius 1 is 1.17 bits per heavy atom. The molecule has 24 heavy (non-hydrogen) atoms. The Morgan fingerprint density at radius 2 is 1.92 bits per heavy atom. The lowest BCUT2D eigenvalue weighted by molar-refractivity contribution is 0.120. The first-order valence-corrected chi connectivity index (χ1v) is 6.97. The summed E-state index contributed by atoms with van der Waals surface area (Å²) in [6.45, 7) is 1.29. The maximum atomic E-state index is 14.0. The maximum Gasteiger partial charge on any atom is 0.513 e. The minimum Gasteiger partial charge on any atom is -0.488 e. The van der Waals surface area contributed by atoms with Crippen LogP contribution in [0.3, 0.4) is 0 Å². The number of carbonyl (C=O) groups is 1. The number of halogens is 3. The van der Waals surface area contributed by atoms with E-state index in [1.807, 2.05) is 0 Å². The number of hydrogen-bond donors (Lipinski definition) is 0. The number of methoxy groups -OCH3 is 1. The zero-order valence-electron chi connectivity index (χ0n) is 13.0. The Morgan fingerprint density at radius 3 is 2.58 bits per heavy atom. The van der Waals surface area contributed by atoms with Gasteiger partial charge >= 0.3 is 6.16 Å². The minimum absolute atomic E-state index is 0.0668. The molecule has 0 heterocycles. The molecule has 0 unspecified atom stereocenters. The van der Waals surface area contributed by atoms with Gasteiger partial charge in [-0.25, -0.2) is 18.0 Å². The summed E-state index contributed by atoms with van der Waals surface area (Å²) in [6.07, 6.45) is -3.75. The van der Waals surface area contributed by atoms with Gasteiger partial charge in [-0.1, -0.05) is 17.7 Å². The maximum absolute atomic E-state index is 14.0. The van der Waals surface area contributed by atoms with Crippen LogP contribution in [-0.4, -0.2) is 13.3 Å². The van der Waals surface area contributed by atoms with Crippen LogP contribution in [0.4, 0.5) is 18.0 Å². The highest BCUT2D eigenvalue weighted by Gasteiger charge is 2.18. The quantitative estimate of drug-likeness (QED) is 0.579. The molecule has 7 heteroatoms. The molecule has 0 aliphatic carbocycles. The zero-order valence-corrected chi connectivity index (χ0v) is 13.0. The highest BCUT2D eigenvalue weighted by molar-refractivity contribution is 5.64. The number of rotatable bonds is 5. The first-order chi connectivity index (χ1) is 11.4. The average molecular weight is 340 g/mol. The number of carbonyl (C=O) groups excluding carboxylic acids is 1. The summed E-state index contributed by atoms with van der Waals surface area (Å²) in [7, 11) is 1.11. The van der Waals surface area contributed by atoms with Crippen molar-refractivity contribution in [3.8, 4) is 11.5 Å². The Bertz CT molecular complexity index is 732. The molecule has 0 spiro atoms. The normalized spacial score (nSPS) is 10.6. The van der Waals surface area contributed by atoms with Crippen molar-refractivity contribution in [3.05, 3.63) is 58.9 Å². The lowest BCUT2D eigenvalue weighted by Crippen LogP contribution is -2.11. The van der Waals surface area contributed by atoms with Gasteiger partial charge in [0.2, 0.25) is 0 Å². The van der Waals surface area contributed by atoms with Crippen molar-refractivity contribution in [2.45, 2.75) is 20.0 Å². The van der Waals surface area contributed by atoms with Crippen LogP contribution in [0, 0.1) is 12.7 Å². The van der Waals surface area contributed by atoms with Gasteiger partial charge in [-0.2, -0.15) is 0 Å². The second kappa shape index (κ2) is 7.72. The predicted molar refractivity (Wildman–Crippen MR) is 79.9 cm³/mol. The molecule has 0 bridgehead atoms. The highest BCUT2D eigenvalue weighted by Crippen LogP contribution is 2.31. The molecule has 0 radical (unpaired) electrons. The van der Waals surface area contributed by atoms with Crippen molar-refractivity contribution in [3.63, 3.8) is 0 Å². The second-order valence-corrected chi connectivity index (χ2v) is 4.90. The third-order valence-corrected chi connectivity index (χ3v) is 3.21. The van der Waals surface area contributed by atoms with E-state index in [1.165, 1.54) is 24.3 Å². The third-order valence-electron chi connectivity index (χ3n) is 3.21. The van der Waals surface area contributed by atoms with Gasteiger partial charge in [-0.3, -0.25) is 0 Å². The van der Waals surface area contributed by atoms with E-state index in [4.69, 9.17) is 9.47 Å². The summed E-state index contributed by atoms with van der Waals surface area (Å²) in [5.74, 6) is -0.863. The van der Waals surface area contributed by atoms with Crippen LogP contribution < -0.4 is 9.47 Å².